The Bertz CT molecular complexity index is 301. The minimum atomic E-state index is -0.614. The molecule has 0 aromatic carbocycles. The van der Waals surface area contributed by atoms with E-state index in [1.54, 1.807) is 0 Å². The Morgan fingerprint density at radius 1 is 0.905 bits per heavy atom. The van der Waals surface area contributed by atoms with Crippen LogP contribution in [0.3, 0.4) is 0 Å². The van der Waals surface area contributed by atoms with E-state index >= 15 is 0 Å². The predicted octanol–water partition coefficient (Wildman–Crippen LogP) is 1.20. The molecule has 0 amide bonds. The Balaban J connectivity index is 1.46. The van der Waals surface area contributed by atoms with Gasteiger partial charge in [-0.25, -0.2) is 0 Å². The molecule has 0 saturated carbocycles. The zero-order chi connectivity index (χ0) is 14.5. The minimum absolute atomic E-state index is 0.147. The van der Waals surface area contributed by atoms with Crippen LogP contribution in [-0.4, -0.2) is 62.4 Å². The molecule has 5 atom stereocenters. The van der Waals surface area contributed by atoms with Crippen molar-refractivity contribution in [1.82, 2.24) is 0 Å². The molecule has 3 saturated heterocycles. The first kappa shape index (κ1) is 15.6. The van der Waals surface area contributed by atoms with Crippen LogP contribution in [0.2, 0.25) is 0 Å². The highest BCUT2D eigenvalue weighted by atomic mass is 16.7. The van der Waals surface area contributed by atoms with Crippen molar-refractivity contribution in [3.05, 3.63) is 0 Å². The molecule has 3 fully saturated rings. The van der Waals surface area contributed by atoms with Gasteiger partial charge in [0, 0.05) is 13.2 Å². The number of aliphatic hydroxyl groups is 1. The Kier molecular flexibility index (Phi) is 5.85. The lowest BCUT2D eigenvalue weighted by atomic mass is 10.1. The molecule has 1 N–H and O–H groups in total. The van der Waals surface area contributed by atoms with Crippen molar-refractivity contribution in [2.45, 2.75) is 69.4 Å². The molecule has 2 unspecified atom stereocenters. The van der Waals surface area contributed by atoms with Crippen molar-refractivity contribution in [3.8, 4) is 0 Å². The molecule has 0 radical (unpaired) electrons. The topological polar surface area (TPSA) is 66.4 Å². The first-order valence-electron chi connectivity index (χ1n) is 8.13. The third-order valence-corrected chi connectivity index (χ3v) is 4.26. The number of ether oxygens (including phenoxy) is 5. The molecule has 3 rings (SSSR count). The summed E-state index contributed by atoms with van der Waals surface area (Å²) in [5.41, 5.74) is 0. The van der Waals surface area contributed by atoms with Crippen LogP contribution in [0.15, 0.2) is 0 Å². The van der Waals surface area contributed by atoms with Gasteiger partial charge < -0.3 is 28.8 Å². The maximum absolute atomic E-state index is 10.0. The largest absolute Gasteiger partial charge is 0.388 e. The van der Waals surface area contributed by atoms with Crippen LogP contribution in [0.25, 0.3) is 0 Å². The molecular weight excluding hydrogens is 276 g/mol. The maximum atomic E-state index is 10.0. The second-order valence-corrected chi connectivity index (χ2v) is 5.97. The zero-order valence-electron chi connectivity index (χ0n) is 12.4. The lowest BCUT2D eigenvalue weighted by Crippen LogP contribution is -2.41. The van der Waals surface area contributed by atoms with Crippen molar-refractivity contribution in [1.29, 1.82) is 0 Å². The maximum Gasteiger partial charge on any atom is 0.158 e. The third kappa shape index (κ3) is 4.37. The fraction of sp³-hybridized carbons (Fsp3) is 1.00. The molecule has 122 valence electrons. The van der Waals surface area contributed by atoms with E-state index < -0.39 is 6.10 Å². The van der Waals surface area contributed by atoms with Gasteiger partial charge in [0.15, 0.2) is 12.6 Å². The van der Waals surface area contributed by atoms with Crippen LogP contribution in [0.5, 0.6) is 0 Å². The van der Waals surface area contributed by atoms with Crippen LogP contribution < -0.4 is 0 Å². The van der Waals surface area contributed by atoms with Gasteiger partial charge in [0.2, 0.25) is 0 Å². The van der Waals surface area contributed by atoms with Gasteiger partial charge in [0.05, 0.1) is 13.2 Å². The number of aliphatic hydroxyl groups excluding tert-OH is 1. The van der Waals surface area contributed by atoms with Crippen molar-refractivity contribution < 1.29 is 28.8 Å². The first-order chi connectivity index (χ1) is 10.3. The van der Waals surface area contributed by atoms with Gasteiger partial charge >= 0.3 is 0 Å². The lowest BCUT2D eigenvalue weighted by molar-refractivity contribution is -0.222. The Morgan fingerprint density at radius 3 is 2.29 bits per heavy atom. The standard InChI is InChI=1S/C15H26O6/c16-11-9-19-12(10-20-13-5-1-3-7-17-13)15(11)21-14-6-2-4-8-18-14/h11-16H,1-10H2/t11-,12-,13?,14?,15+/m1/s1. The van der Waals surface area contributed by atoms with Crippen LogP contribution >= 0.6 is 0 Å². The van der Waals surface area contributed by atoms with Gasteiger partial charge in [-0.05, 0) is 38.5 Å². The predicted molar refractivity (Wildman–Crippen MR) is 73.8 cm³/mol. The van der Waals surface area contributed by atoms with Gasteiger partial charge in [-0.2, -0.15) is 0 Å². The quantitative estimate of drug-likeness (QED) is 0.823. The van der Waals surface area contributed by atoms with Gasteiger partial charge in [0.1, 0.15) is 18.3 Å². The number of rotatable bonds is 5. The summed E-state index contributed by atoms with van der Waals surface area (Å²) in [6.07, 6.45) is 4.59. The summed E-state index contributed by atoms with van der Waals surface area (Å²) in [4.78, 5) is 0. The molecular formula is C15H26O6. The highest BCUT2D eigenvalue weighted by Gasteiger charge is 2.39. The van der Waals surface area contributed by atoms with Gasteiger partial charge in [-0.1, -0.05) is 0 Å². The summed E-state index contributed by atoms with van der Waals surface area (Å²) in [6, 6.07) is 0. The Labute approximate surface area is 125 Å². The molecule has 3 aliphatic rings. The number of hydrogen-bond donors (Lipinski definition) is 1. The second kappa shape index (κ2) is 7.85. The molecule has 21 heavy (non-hydrogen) atoms. The molecule has 6 heteroatoms. The van der Waals surface area contributed by atoms with E-state index in [0.29, 0.717) is 6.61 Å². The highest BCUT2D eigenvalue weighted by Crippen LogP contribution is 2.25. The zero-order valence-corrected chi connectivity index (χ0v) is 12.4. The minimum Gasteiger partial charge on any atom is -0.388 e. The van der Waals surface area contributed by atoms with Gasteiger partial charge in [-0.3, -0.25) is 0 Å². The summed E-state index contributed by atoms with van der Waals surface area (Å²) >= 11 is 0. The fourth-order valence-corrected chi connectivity index (χ4v) is 3.02. The Hall–Kier alpha value is -0.240. The molecule has 3 heterocycles. The third-order valence-electron chi connectivity index (χ3n) is 4.26. The van der Waals surface area contributed by atoms with Crippen molar-refractivity contribution in [3.63, 3.8) is 0 Å². The molecule has 0 aliphatic carbocycles. The number of hydrogen-bond acceptors (Lipinski definition) is 6. The molecule has 3 aliphatic heterocycles. The Morgan fingerprint density at radius 2 is 1.62 bits per heavy atom. The normalized spacial score (nSPS) is 41.3. The summed E-state index contributed by atoms with van der Waals surface area (Å²) in [6.45, 7) is 2.16. The van der Waals surface area contributed by atoms with E-state index in [2.05, 4.69) is 0 Å². The van der Waals surface area contributed by atoms with E-state index in [9.17, 15) is 5.11 Å². The van der Waals surface area contributed by atoms with Crippen LogP contribution in [0, 0.1) is 0 Å². The van der Waals surface area contributed by atoms with Crippen molar-refractivity contribution in [2.75, 3.05) is 26.4 Å². The van der Waals surface area contributed by atoms with E-state index in [0.717, 1.165) is 51.7 Å². The summed E-state index contributed by atoms with van der Waals surface area (Å²) < 4.78 is 28.4. The molecule has 0 spiro atoms. The highest BCUT2D eigenvalue weighted by molar-refractivity contribution is 4.85. The molecule has 0 bridgehead atoms. The fourth-order valence-electron chi connectivity index (χ4n) is 3.02. The summed E-state index contributed by atoms with van der Waals surface area (Å²) in [5, 5.41) is 10.0. The first-order valence-corrected chi connectivity index (χ1v) is 8.13. The van der Waals surface area contributed by atoms with E-state index in [-0.39, 0.29) is 31.4 Å². The van der Waals surface area contributed by atoms with Crippen LogP contribution in [0.4, 0.5) is 0 Å². The van der Waals surface area contributed by atoms with Crippen molar-refractivity contribution in [2.24, 2.45) is 0 Å². The van der Waals surface area contributed by atoms with Gasteiger partial charge in [-0.15, -0.1) is 0 Å². The molecule has 0 aromatic heterocycles. The van der Waals surface area contributed by atoms with E-state index in [1.807, 2.05) is 0 Å². The van der Waals surface area contributed by atoms with E-state index in [1.165, 1.54) is 0 Å². The molecule has 6 nitrogen and oxygen atoms in total. The monoisotopic (exact) mass is 302 g/mol. The average Bonchev–Trinajstić information content (AvgIpc) is 2.88. The van der Waals surface area contributed by atoms with Crippen LogP contribution in [-0.2, 0) is 23.7 Å². The smallest absolute Gasteiger partial charge is 0.158 e. The average molecular weight is 302 g/mol. The van der Waals surface area contributed by atoms with Crippen LogP contribution in [0.1, 0.15) is 38.5 Å². The summed E-state index contributed by atoms with van der Waals surface area (Å²) in [7, 11) is 0. The SMILES string of the molecule is O[C@@H]1CO[C@H](COC2CCCCO2)[C@H]1OC1CCCCO1. The van der Waals surface area contributed by atoms with Gasteiger partial charge in [0.25, 0.3) is 0 Å². The second-order valence-electron chi connectivity index (χ2n) is 5.97. The molecule has 0 aromatic rings. The summed E-state index contributed by atoms with van der Waals surface area (Å²) in [5.74, 6) is 0. The lowest BCUT2D eigenvalue weighted by Gasteiger charge is -2.30. The van der Waals surface area contributed by atoms with Crippen molar-refractivity contribution >= 4 is 0 Å². The van der Waals surface area contributed by atoms with E-state index in [4.69, 9.17) is 23.7 Å².